The first-order valence-electron chi connectivity index (χ1n) is 12.8. The Morgan fingerprint density at radius 2 is 0.868 bits per heavy atom. The van der Waals surface area contributed by atoms with Gasteiger partial charge in [0, 0.05) is 0 Å². The number of hydrogen-bond donors (Lipinski definition) is 0. The normalized spacial score (nSPS) is 12.0. The molecule has 2 aromatic rings. The van der Waals surface area contributed by atoms with Gasteiger partial charge in [-0.3, -0.25) is 9.13 Å². The predicted molar refractivity (Wildman–Crippen MR) is 146 cm³/mol. The van der Waals surface area contributed by atoms with Crippen LogP contribution in [0.5, 0.6) is 11.5 Å². The molecule has 0 bridgehead atoms. The number of rotatable bonds is 21. The Labute approximate surface area is 225 Å². The van der Waals surface area contributed by atoms with Crippen LogP contribution in [0.25, 0.3) is 0 Å². The molecule has 0 aromatic heterocycles. The fourth-order valence-corrected chi connectivity index (χ4v) is 6.51. The maximum absolute atomic E-state index is 12.9. The molecule has 0 amide bonds. The summed E-state index contributed by atoms with van der Waals surface area (Å²) in [5.41, 5.74) is 0. The van der Waals surface area contributed by atoms with Gasteiger partial charge in [-0.1, -0.05) is 12.1 Å². The van der Waals surface area contributed by atoms with Crippen molar-refractivity contribution in [2.45, 2.75) is 27.7 Å². The van der Waals surface area contributed by atoms with Gasteiger partial charge in [-0.25, -0.2) is 0 Å². The molecule has 0 unspecified atom stereocenters. The molecule has 214 valence electrons. The summed E-state index contributed by atoms with van der Waals surface area (Å²) in [6.45, 7) is 10.4. The number of benzene rings is 2. The molecule has 0 heterocycles. The van der Waals surface area contributed by atoms with Crippen LogP contribution in [0.4, 0.5) is 0 Å². The highest BCUT2D eigenvalue weighted by Crippen LogP contribution is 2.48. The van der Waals surface area contributed by atoms with Crippen molar-refractivity contribution in [1.29, 1.82) is 0 Å². The first kappa shape index (κ1) is 32.5. The molecule has 0 N–H and O–H groups in total. The lowest BCUT2D eigenvalue weighted by Crippen LogP contribution is -2.15. The quantitative estimate of drug-likeness (QED) is 0.150. The van der Waals surface area contributed by atoms with Gasteiger partial charge in [0.25, 0.3) is 0 Å². The average molecular weight is 575 g/mol. The molecule has 10 nitrogen and oxygen atoms in total. The highest BCUT2D eigenvalue weighted by molar-refractivity contribution is 7.62. The van der Waals surface area contributed by atoms with E-state index >= 15 is 0 Å². The smallest absolute Gasteiger partial charge is 0.361 e. The molecular weight excluding hydrogens is 534 g/mol. The van der Waals surface area contributed by atoms with Crippen molar-refractivity contribution in [2.24, 2.45) is 0 Å². The zero-order valence-electron chi connectivity index (χ0n) is 22.7. The summed E-state index contributed by atoms with van der Waals surface area (Å²) in [4.78, 5) is 0. The topological polar surface area (TPSA) is 108 Å². The van der Waals surface area contributed by atoms with E-state index in [1.165, 1.54) is 0 Å². The molecule has 0 aliphatic rings. The Balaban J connectivity index is 1.63. The molecule has 0 spiro atoms. The van der Waals surface area contributed by atoms with Gasteiger partial charge in [-0.15, -0.1) is 0 Å². The fourth-order valence-electron chi connectivity index (χ4n) is 3.30. The molecule has 2 rings (SSSR count). The van der Waals surface area contributed by atoms with Gasteiger partial charge in [-0.2, -0.15) is 0 Å². The van der Waals surface area contributed by atoms with Crippen molar-refractivity contribution in [3.63, 3.8) is 0 Å². The summed E-state index contributed by atoms with van der Waals surface area (Å²) in [6.07, 6.45) is 0. The first-order valence-corrected chi connectivity index (χ1v) is 15.9. The van der Waals surface area contributed by atoms with E-state index in [9.17, 15) is 9.13 Å². The lowest BCUT2D eigenvalue weighted by atomic mass is 10.3. The van der Waals surface area contributed by atoms with Crippen molar-refractivity contribution in [2.75, 3.05) is 66.1 Å². The standard InChI is InChI=1S/C26H40O10P2/c1-5-33-37(27,34-6-2)25-13-9-11-23(21-25)31-19-17-29-15-16-30-18-20-32-24-12-10-14-26(22-24)38(28,35-7-3)36-8-4/h9-14,21-22H,5-8,15-20H2,1-4H3. The lowest BCUT2D eigenvalue weighted by Gasteiger charge is -2.18. The maximum Gasteiger partial charge on any atom is 0.361 e. The molecule has 12 heteroatoms. The highest BCUT2D eigenvalue weighted by atomic mass is 31.2. The second-order valence-corrected chi connectivity index (χ2v) is 11.6. The average Bonchev–Trinajstić information content (AvgIpc) is 2.91. The van der Waals surface area contributed by atoms with Crippen LogP contribution in [-0.4, -0.2) is 66.1 Å². The second-order valence-electron chi connectivity index (χ2n) is 7.58. The van der Waals surface area contributed by atoms with Gasteiger partial charge in [0.15, 0.2) is 0 Å². The Morgan fingerprint density at radius 1 is 0.526 bits per heavy atom. The third kappa shape index (κ3) is 10.8. The predicted octanol–water partition coefficient (Wildman–Crippen LogP) is 4.96. The maximum atomic E-state index is 12.9. The molecular formula is C26H40O10P2. The lowest BCUT2D eigenvalue weighted by molar-refractivity contribution is 0.0274. The zero-order valence-corrected chi connectivity index (χ0v) is 24.5. The Bertz CT molecular complexity index is 931. The molecule has 2 aromatic carbocycles. The van der Waals surface area contributed by atoms with Crippen LogP contribution in [0.15, 0.2) is 48.5 Å². The molecule has 0 aliphatic carbocycles. The second kappa shape index (κ2) is 17.8. The van der Waals surface area contributed by atoms with E-state index in [2.05, 4.69) is 0 Å². The summed E-state index contributed by atoms with van der Waals surface area (Å²) < 4.78 is 69.8. The van der Waals surface area contributed by atoms with Crippen molar-refractivity contribution in [3.05, 3.63) is 48.5 Å². The van der Waals surface area contributed by atoms with Gasteiger partial charge in [0.1, 0.15) is 24.7 Å². The minimum absolute atomic E-state index is 0.281. The van der Waals surface area contributed by atoms with E-state index in [0.717, 1.165) is 0 Å². The third-order valence-corrected chi connectivity index (χ3v) is 9.04. The minimum atomic E-state index is -3.36. The molecule has 0 atom stereocenters. The monoisotopic (exact) mass is 574 g/mol. The van der Waals surface area contributed by atoms with E-state index in [1.807, 2.05) is 0 Å². The van der Waals surface area contributed by atoms with E-state index in [4.69, 9.17) is 37.0 Å². The molecule has 0 saturated carbocycles. The van der Waals surface area contributed by atoms with Crippen LogP contribution in [-0.2, 0) is 36.7 Å². The van der Waals surface area contributed by atoms with E-state index in [-0.39, 0.29) is 26.4 Å². The molecule has 38 heavy (non-hydrogen) atoms. The van der Waals surface area contributed by atoms with Crippen LogP contribution < -0.4 is 20.1 Å². The van der Waals surface area contributed by atoms with Gasteiger partial charge in [0.05, 0.1) is 63.5 Å². The first-order chi connectivity index (χ1) is 18.4. The van der Waals surface area contributed by atoms with Gasteiger partial charge >= 0.3 is 15.2 Å². The third-order valence-electron chi connectivity index (χ3n) is 4.83. The summed E-state index contributed by atoms with van der Waals surface area (Å²) in [5.74, 6) is 1.11. The van der Waals surface area contributed by atoms with Crippen molar-refractivity contribution in [3.8, 4) is 11.5 Å². The molecule has 0 fully saturated rings. The summed E-state index contributed by atoms with van der Waals surface area (Å²) in [5, 5.41) is 0.916. The van der Waals surface area contributed by atoms with Crippen LogP contribution in [0, 0.1) is 0 Å². The molecule has 0 aliphatic heterocycles. The molecule has 0 saturated heterocycles. The summed E-state index contributed by atoms with van der Waals surface area (Å²) in [7, 11) is -6.72. The van der Waals surface area contributed by atoms with E-state index in [1.54, 1.807) is 76.2 Å². The number of ether oxygens (including phenoxy) is 4. The Morgan fingerprint density at radius 3 is 1.21 bits per heavy atom. The van der Waals surface area contributed by atoms with E-state index < -0.39 is 15.2 Å². The van der Waals surface area contributed by atoms with Crippen LogP contribution in [0.3, 0.4) is 0 Å². The Kier molecular flexibility index (Phi) is 15.2. The number of hydrogen-bond acceptors (Lipinski definition) is 10. The van der Waals surface area contributed by atoms with Crippen LogP contribution >= 0.6 is 15.2 Å². The zero-order chi connectivity index (χ0) is 27.7. The van der Waals surface area contributed by atoms with E-state index in [0.29, 0.717) is 61.7 Å². The van der Waals surface area contributed by atoms with Crippen molar-refractivity contribution in [1.82, 2.24) is 0 Å². The van der Waals surface area contributed by atoms with Gasteiger partial charge in [-0.05, 0) is 64.1 Å². The van der Waals surface area contributed by atoms with Crippen LogP contribution in [0.2, 0.25) is 0 Å². The molecule has 0 radical (unpaired) electrons. The van der Waals surface area contributed by atoms with Gasteiger partial charge < -0.3 is 37.0 Å². The summed E-state index contributed by atoms with van der Waals surface area (Å²) >= 11 is 0. The minimum Gasteiger partial charge on any atom is -0.491 e. The van der Waals surface area contributed by atoms with Crippen molar-refractivity contribution >= 4 is 25.8 Å². The SMILES string of the molecule is CCOP(=O)(OCC)c1cccc(OCCOCCOCCOc2cccc(P(=O)(OCC)OCC)c2)c1. The summed E-state index contributed by atoms with van der Waals surface area (Å²) in [6, 6.07) is 13.8. The van der Waals surface area contributed by atoms with Crippen molar-refractivity contribution < 1.29 is 46.2 Å². The Hall–Kier alpha value is -1.74. The highest BCUT2D eigenvalue weighted by Gasteiger charge is 2.28. The largest absolute Gasteiger partial charge is 0.491 e. The van der Waals surface area contributed by atoms with Crippen LogP contribution in [0.1, 0.15) is 27.7 Å². The van der Waals surface area contributed by atoms with Gasteiger partial charge in [0.2, 0.25) is 0 Å². The fraction of sp³-hybridized carbons (Fsp3) is 0.538.